The van der Waals surface area contributed by atoms with Crippen LogP contribution in [0.25, 0.3) is 0 Å². The van der Waals surface area contributed by atoms with Crippen LogP contribution >= 0.6 is 0 Å². The molecule has 0 aromatic heterocycles. The number of nitro groups is 1. The van der Waals surface area contributed by atoms with Crippen molar-refractivity contribution < 1.29 is 24.4 Å². The molecule has 0 aliphatic rings. The van der Waals surface area contributed by atoms with E-state index in [-0.39, 0.29) is 11.3 Å². The molecule has 0 saturated carbocycles. The zero-order valence-corrected chi connectivity index (χ0v) is 12.5. The highest BCUT2D eigenvalue weighted by molar-refractivity contribution is 6.35. The summed E-state index contributed by atoms with van der Waals surface area (Å²) in [6.45, 7) is 2.19. The lowest BCUT2D eigenvalue weighted by atomic mass is 10.2. The number of hydrazone groups is 1. The maximum Gasteiger partial charge on any atom is 0.329 e. The van der Waals surface area contributed by atoms with Crippen LogP contribution in [0.5, 0.6) is 11.5 Å². The third-order valence-corrected chi connectivity index (χ3v) is 2.62. The third-order valence-electron chi connectivity index (χ3n) is 2.62. The summed E-state index contributed by atoms with van der Waals surface area (Å²) < 4.78 is 4.82. The highest BCUT2D eigenvalue weighted by Gasteiger charge is 2.19. The fraction of sp³-hybridized carbons (Fsp3) is 0.308. The Kier molecular flexibility index (Phi) is 6.46. The van der Waals surface area contributed by atoms with Crippen LogP contribution in [0.1, 0.15) is 18.9 Å². The summed E-state index contributed by atoms with van der Waals surface area (Å²) >= 11 is 0. The van der Waals surface area contributed by atoms with Crippen molar-refractivity contribution in [1.82, 2.24) is 10.7 Å². The van der Waals surface area contributed by atoms with Gasteiger partial charge in [-0.1, -0.05) is 6.92 Å². The summed E-state index contributed by atoms with van der Waals surface area (Å²) in [5.74, 6) is -2.53. The van der Waals surface area contributed by atoms with Crippen molar-refractivity contribution in [1.29, 1.82) is 0 Å². The Balaban J connectivity index is 2.84. The van der Waals surface area contributed by atoms with E-state index < -0.39 is 28.2 Å². The average molecular weight is 324 g/mol. The number of nitro benzene ring substituents is 1. The second kappa shape index (κ2) is 8.32. The van der Waals surface area contributed by atoms with Gasteiger partial charge < -0.3 is 15.2 Å². The first-order valence-electron chi connectivity index (χ1n) is 6.57. The van der Waals surface area contributed by atoms with Gasteiger partial charge in [0, 0.05) is 18.2 Å². The van der Waals surface area contributed by atoms with Gasteiger partial charge in [0.25, 0.3) is 0 Å². The van der Waals surface area contributed by atoms with Crippen molar-refractivity contribution in [2.75, 3.05) is 13.7 Å². The molecule has 1 aromatic rings. The Morgan fingerprint density at radius 2 is 2.13 bits per heavy atom. The largest absolute Gasteiger partial charge is 0.500 e. The van der Waals surface area contributed by atoms with E-state index >= 15 is 0 Å². The van der Waals surface area contributed by atoms with E-state index in [4.69, 9.17) is 4.74 Å². The summed E-state index contributed by atoms with van der Waals surface area (Å²) in [4.78, 5) is 32.7. The molecule has 0 saturated heterocycles. The van der Waals surface area contributed by atoms with E-state index in [0.717, 1.165) is 12.3 Å². The maximum atomic E-state index is 11.4. The van der Waals surface area contributed by atoms with E-state index in [9.17, 15) is 24.8 Å². The van der Waals surface area contributed by atoms with Crippen LogP contribution in [0.2, 0.25) is 0 Å². The molecule has 0 aliphatic heterocycles. The van der Waals surface area contributed by atoms with Crippen molar-refractivity contribution in [3.8, 4) is 11.5 Å². The van der Waals surface area contributed by atoms with Crippen LogP contribution in [-0.4, -0.2) is 41.7 Å². The van der Waals surface area contributed by atoms with Crippen LogP contribution in [-0.2, 0) is 9.59 Å². The van der Waals surface area contributed by atoms with E-state index in [2.05, 4.69) is 10.4 Å². The number of ether oxygens (including phenoxy) is 1. The Hall–Kier alpha value is -3.17. The zero-order valence-electron chi connectivity index (χ0n) is 12.5. The van der Waals surface area contributed by atoms with Gasteiger partial charge in [-0.05, 0) is 12.5 Å². The number of aromatic hydroxyl groups is 1. The van der Waals surface area contributed by atoms with E-state index in [0.29, 0.717) is 13.0 Å². The highest BCUT2D eigenvalue weighted by atomic mass is 16.6. The summed E-state index contributed by atoms with van der Waals surface area (Å²) in [5.41, 5.74) is 1.61. The summed E-state index contributed by atoms with van der Waals surface area (Å²) in [6, 6.07) is 2.33. The van der Waals surface area contributed by atoms with Crippen LogP contribution in [0.4, 0.5) is 5.69 Å². The van der Waals surface area contributed by atoms with Crippen molar-refractivity contribution in [3.63, 3.8) is 0 Å². The fourth-order valence-electron chi connectivity index (χ4n) is 1.52. The Morgan fingerprint density at radius 1 is 1.43 bits per heavy atom. The van der Waals surface area contributed by atoms with Crippen molar-refractivity contribution >= 4 is 23.7 Å². The first-order chi connectivity index (χ1) is 10.9. The molecule has 0 unspecified atom stereocenters. The number of rotatable bonds is 6. The number of hydrogen-bond donors (Lipinski definition) is 3. The molecule has 10 heteroatoms. The highest BCUT2D eigenvalue weighted by Crippen LogP contribution is 2.36. The van der Waals surface area contributed by atoms with E-state index in [1.54, 1.807) is 0 Å². The molecule has 0 heterocycles. The van der Waals surface area contributed by atoms with Gasteiger partial charge in [0.2, 0.25) is 5.75 Å². The molecular formula is C13H16N4O6. The van der Waals surface area contributed by atoms with Gasteiger partial charge in [-0.2, -0.15) is 5.10 Å². The number of phenols is 1. The molecule has 0 fully saturated rings. The molecule has 0 aliphatic carbocycles. The number of hydrogen-bond acceptors (Lipinski definition) is 7. The number of nitrogens with one attached hydrogen (secondary N) is 2. The van der Waals surface area contributed by atoms with Crippen molar-refractivity contribution in [3.05, 3.63) is 27.8 Å². The molecule has 0 atom stereocenters. The van der Waals surface area contributed by atoms with E-state index in [1.807, 2.05) is 12.3 Å². The molecule has 124 valence electrons. The van der Waals surface area contributed by atoms with Crippen LogP contribution < -0.4 is 15.5 Å². The van der Waals surface area contributed by atoms with Gasteiger partial charge in [0.15, 0.2) is 5.75 Å². The molecule has 0 bridgehead atoms. The van der Waals surface area contributed by atoms with Gasteiger partial charge in [0.1, 0.15) is 0 Å². The molecule has 0 radical (unpaired) electrons. The van der Waals surface area contributed by atoms with Gasteiger partial charge in [-0.25, -0.2) is 5.43 Å². The second-order valence-corrected chi connectivity index (χ2v) is 4.30. The lowest BCUT2D eigenvalue weighted by Gasteiger charge is -2.05. The summed E-state index contributed by atoms with van der Waals surface area (Å²) in [6.07, 6.45) is 1.76. The third kappa shape index (κ3) is 4.95. The van der Waals surface area contributed by atoms with Gasteiger partial charge in [0.05, 0.1) is 18.2 Å². The summed E-state index contributed by atoms with van der Waals surface area (Å²) in [7, 11) is 1.24. The maximum absolute atomic E-state index is 11.4. The minimum atomic E-state index is -0.963. The Labute approximate surface area is 131 Å². The predicted molar refractivity (Wildman–Crippen MR) is 80.4 cm³/mol. The minimum Gasteiger partial charge on any atom is -0.500 e. The lowest BCUT2D eigenvalue weighted by molar-refractivity contribution is -0.386. The van der Waals surface area contributed by atoms with E-state index in [1.165, 1.54) is 13.2 Å². The minimum absolute atomic E-state index is 0.118. The number of benzene rings is 1. The average Bonchev–Trinajstić information content (AvgIpc) is 2.53. The van der Waals surface area contributed by atoms with Crippen LogP contribution in [0, 0.1) is 10.1 Å². The molecular weight excluding hydrogens is 308 g/mol. The number of amides is 2. The quantitative estimate of drug-likeness (QED) is 0.297. The fourth-order valence-corrected chi connectivity index (χ4v) is 1.52. The summed E-state index contributed by atoms with van der Waals surface area (Å²) in [5, 5.41) is 26.3. The topological polar surface area (TPSA) is 143 Å². The number of phenolic OH excluding ortho intramolecular Hbond substituents is 1. The van der Waals surface area contributed by atoms with Crippen molar-refractivity contribution in [2.45, 2.75) is 13.3 Å². The first-order valence-corrected chi connectivity index (χ1v) is 6.57. The zero-order chi connectivity index (χ0) is 17.4. The monoisotopic (exact) mass is 324 g/mol. The number of carbonyl (C=O) groups excluding carboxylic acids is 2. The predicted octanol–water partition coefficient (Wildman–Crippen LogP) is 0.285. The van der Waals surface area contributed by atoms with Crippen LogP contribution in [0.3, 0.4) is 0 Å². The first kappa shape index (κ1) is 17.9. The normalized spacial score (nSPS) is 10.3. The second-order valence-electron chi connectivity index (χ2n) is 4.30. The standard InChI is InChI=1S/C13H16N4O6/c1-3-4-14-12(19)13(20)16-15-7-8-5-9(17(21)22)11(18)10(6-8)23-2/h5-7,18H,3-4H2,1-2H3,(H,14,19)(H,16,20)/b15-7-. The molecule has 10 nitrogen and oxygen atoms in total. The molecule has 0 spiro atoms. The Morgan fingerprint density at radius 3 is 2.70 bits per heavy atom. The number of carbonyl (C=O) groups is 2. The molecule has 1 rings (SSSR count). The Bertz CT molecular complexity index is 644. The molecule has 1 aromatic carbocycles. The van der Waals surface area contributed by atoms with Gasteiger partial charge in [-0.3, -0.25) is 19.7 Å². The van der Waals surface area contributed by atoms with Gasteiger partial charge in [-0.15, -0.1) is 0 Å². The molecule has 3 N–H and O–H groups in total. The smallest absolute Gasteiger partial charge is 0.329 e. The number of nitrogens with zero attached hydrogens (tertiary/aromatic N) is 2. The molecule has 2 amide bonds. The number of methoxy groups -OCH3 is 1. The molecule has 23 heavy (non-hydrogen) atoms. The van der Waals surface area contributed by atoms with Crippen LogP contribution in [0.15, 0.2) is 17.2 Å². The lowest BCUT2D eigenvalue weighted by Crippen LogP contribution is -2.38. The van der Waals surface area contributed by atoms with Crippen molar-refractivity contribution in [2.24, 2.45) is 5.10 Å². The SMILES string of the molecule is CCCNC(=O)C(=O)N/N=C\c1cc(OC)c(O)c([N+](=O)[O-])c1. The van der Waals surface area contributed by atoms with Gasteiger partial charge >= 0.3 is 17.5 Å².